The second kappa shape index (κ2) is 4.67. The van der Waals surface area contributed by atoms with Crippen LogP contribution in [0.15, 0.2) is 12.3 Å². The fourth-order valence-electron chi connectivity index (χ4n) is 1.39. The highest BCUT2D eigenvalue weighted by molar-refractivity contribution is 6.32. The van der Waals surface area contributed by atoms with Crippen molar-refractivity contribution < 1.29 is 19.4 Å². The predicted molar refractivity (Wildman–Crippen MR) is 56.1 cm³/mol. The van der Waals surface area contributed by atoms with Gasteiger partial charge in [-0.25, -0.2) is 9.78 Å². The van der Waals surface area contributed by atoms with Gasteiger partial charge in [-0.1, -0.05) is 11.6 Å². The maximum atomic E-state index is 10.6. The molecular weight excluding hydrogens is 234 g/mol. The average Bonchev–Trinajstić information content (AvgIpc) is 2.73. The molecule has 1 fully saturated rings. The van der Waals surface area contributed by atoms with Gasteiger partial charge in [-0.15, -0.1) is 0 Å². The molecule has 6 heteroatoms. The van der Waals surface area contributed by atoms with Crippen LogP contribution in [-0.2, 0) is 4.74 Å². The van der Waals surface area contributed by atoms with E-state index in [4.69, 9.17) is 26.2 Å². The van der Waals surface area contributed by atoms with Crippen LogP contribution in [-0.4, -0.2) is 35.4 Å². The number of rotatable bonds is 3. The number of aromatic carboxylic acids is 1. The molecule has 1 atom stereocenters. The summed E-state index contributed by atoms with van der Waals surface area (Å²) in [6.45, 7) is 1.17. The summed E-state index contributed by atoms with van der Waals surface area (Å²) in [6.07, 6.45) is 1.96. The second-order valence-corrected chi connectivity index (χ2v) is 3.83. The summed E-state index contributed by atoms with van der Waals surface area (Å²) in [4.78, 5) is 14.5. The van der Waals surface area contributed by atoms with E-state index in [-0.39, 0.29) is 22.6 Å². The van der Waals surface area contributed by atoms with E-state index in [0.717, 1.165) is 6.42 Å². The molecule has 0 spiro atoms. The minimum absolute atomic E-state index is 0.0417. The molecule has 0 bridgehead atoms. The largest absolute Gasteiger partial charge is 0.478 e. The molecule has 2 heterocycles. The van der Waals surface area contributed by atoms with Gasteiger partial charge in [0.1, 0.15) is 11.1 Å². The monoisotopic (exact) mass is 243 g/mol. The van der Waals surface area contributed by atoms with Crippen molar-refractivity contribution in [1.29, 1.82) is 0 Å². The van der Waals surface area contributed by atoms with E-state index in [2.05, 4.69) is 4.98 Å². The first-order chi connectivity index (χ1) is 7.66. The van der Waals surface area contributed by atoms with Gasteiger partial charge < -0.3 is 14.6 Å². The molecule has 1 N–H and O–H groups in total. The summed E-state index contributed by atoms with van der Waals surface area (Å²) < 4.78 is 10.6. The maximum absolute atomic E-state index is 10.6. The minimum Gasteiger partial charge on any atom is -0.478 e. The molecule has 2 rings (SSSR count). The normalized spacial score (nSPS) is 19.7. The standard InChI is InChI=1S/C10H10ClNO4/c11-8-3-6(10(13)14)4-12-9(8)16-7-1-2-15-5-7/h3-4,7H,1-2,5H2,(H,13,14). The highest BCUT2D eigenvalue weighted by atomic mass is 35.5. The molecule has 0 aromatic carbocycles. The van der Waals surface area contributed by atoms with Gasteiger partial charge in [-0.05, 0) is 6.07 Å². The minimum atomic E-state index is -1.06. The fourth-order valence-corrected chi connectivity index (χ4v) is 1.60. The van der Waals surface area contributed by atoms with Crippen LogP contribution >= 0.6 is 11.6 Å². The van der Waals surface area contributed by atoms with E-state index in [1.165, 1.54) is 12.3 Å². The zero-order chi connectivity index (χ0) is 11.5. The van der Waals surface area contributed by atoms with Crippen molar-refractivity contribution in [2.24, 2.45) is 0 Å². The molecule has 1 aromatic rings. The Bertz CT molecular complexity index is 404. The summed E-state index contributed by atoms with van der Waals surface area (Å²) in [5.41, 5.74) is 0.0417. The molecule has 0 saturated carbocycles. The quantitative estimate of drug-likeness (QED) is 0.873. The van der Waals surface area contributed by atoms with Crippen LogP contribution in [0, 0.1) is 0 Å². The van der Waals surface area contributed by atoms with Crippen LogP contribution in [0.25, 0.3) is 0 Å². The first kappa shape index (κ1) is 11.2. The summed E-state index contributed by atoms with van der Waals surface area (Å²) in [5, 5.41) is 8.93. The van der Waals surface area contributed by atoms with E-state index in [1.807, 2.05) is 0 Å². The van der Waals surface area contributed by atoms with Crippen molar-refractivity contribution >= 4 is 17.6 Å². The molecule has 5 nitrogen and oxygen atoms in total. The SMILES string of the molecule is O=C(O)c1cnc(OC2CCOC2)c(Cl)c1. The highest BCUT2D eigenvalue weighted by Crippen LogP contribution is 2.24. The Morgan fingerprint density at radius 3 is 3.06 bits per heavy atom. The Hall–Kier alpha value is -1.33. The molecule has 0 radical (unpaired) electrons. The Labute approximate surface area is 97.0 Å². The number of pyridine rings is 1. The van der Waals surface area contributed by atoms with Crippen molar-refractivity contribution in [3.8, 4) is 5.88 Å². The lowest BCUT2D eigenvalue weighted by Crippen LogP contribution is -2.16. The third-order valence-corrected chi connectivity index (χ3v) is 2.49. The second-order valence-electron chi connectivity index (χ2n) is 3.42. The number of nitrogens with zero attached hydrogens (tertiary/aromatic N) is 1. The number of aromatic nitrogens is 1. The molecule has 1 unspecified atom stereocenters. The van der Waals surface area contributed by atoms with Gasteiger partial charge in [0.15, 0.2) is 0 Å². The summed E-state index contributed by atoms with van der Waals surface area (Å²) in [7, 11) is 0. The molecule has 0 aliphatic carbocycles. The van der Waals surface area contributed by atoms with Gasteiger partial charge in [0, 0.05) is 12.6 Å². The van der Waals surface area contributed by atoms with E-state index < -0.39 is 5.97 Å². The van der Waals surface area contributed by atoms with E-state index in [1.54, 1.807) is 0 Å². The molecule has 1 aliphatic heterocycles. The molecule has 86 valence electrons. The van der Waals surface area contributed by atoms with Crippen molar-refractivity contribution in [2.45, 2.75) is 12.5 Å². The topological polar surface area (TPSA) is 68.7 Å². The van der Waals surface area contributed by atoms with E-state index in [9.17, 15) is 4.79 Å². The van der Waals surface area contributed by atoms with Gasteiger partial charge >= 0.3 is 5.97 Å². The lowest BCUT2D eigenvalue weighted by molar-refractivity contribution is 0.0696. The van der Waals surface area contributed by atoms with Crippen LogP contribution < -0.4 is 4.74 Å². The number of ether oxygens (including phenoxy) is 2. The van der Waals surface area contributed by atoms with Gasteiger partial charge in [-0.3, -0.25) is 0 Å². The maximum Gasteiger partial charge on any atom is 0.337 e. The van der Waals surface area contributed by atoms with Crippen LogP contribution in [0.2, 0.25) is 5.02 Å². The number of carbonyl (C=O) groups is 1. The molecular formula is C10H10ClNO4. The molecule has 1 aromatic heterocycles. The number of halogens is 1. The van der Waals surface area contributed by atoms with Gasteiger partial charge in [-0.2, -0.15) is 0 Å². The molecule has 0 amide bonds. The van der Waals surface area contributed by atoms with Gasteiger partial charge in [0.05, 0.1) is 18.8 Å². The Balaban J connectivity index is 2.12. The number of hydrogen-bond donors (Lipinski definition) is 1. The molecule has 1 saturated heterocycles. The van der Waals surface area contributed by atoms with Crippen LogP contribution in [0.3, 0.4) is 0 Å². The Morgan fingerprint density at radius 2 is 2.50 bits per heavy atom. The van der Waals surface area contributed by atoms with Gasteiger partial charge in [0.25, 0.3) is 0 Å². The van der Waals surface area contributed by atoms with Gasteiger partial charge in [0.2, 0.25) is 5.88 Å². The summed E-state index contributed by atoms with van der Waals surface area (Å²) in [5.74, 6) is -0.813. The van der Waals surface area contributed by atoms with Crippen molar-refractivity contribution in [3.05, 3.63) is 22.8 Å². The third-order valence-electron chi connectivity index (χ3n) is 2.22. The average molecular weight is 244 g/mol. The number of carboxylic acids is 1. The first-order valence-corrected chi connectivity index (χ1v) is 5.18. The zero-order valence-electron chi connectivity index (χ0n) is 8.35. The Kier molecular flexibility index (Phi) is 3.26. The Morgan fingerprint density at radius 1 is 1.69 bits per heavy atom. The van der Waals surface area contributed by atoms with Crippen molar-refractivity contribution in [3.63, 3.8) is 0 Å². The summed E-state index contributed by atoms with van der Waals surface area (Å²) in [6, 6.07) is 1.32. The van der Waals surface area contributed by atoms with Crippen LogP contribution in [0.4, 0.5) is 0 Å². The third kappa shape index (κ3) is 2.43. The first-order valence-electron chi connectivity index (χ1n) is 4.80. The van der Waals surface area contributed by atoms with E-state index >= 15 is 0 Å². The lowest BCUT2D eigenvalue weighted by atomic mass is 10.3. The predicted octanol–water partition coefficient (Wildman–Crippen LogP) is 1.60. The zero-order valence-corrected chi connectivity index (χ0v) is 9.11. The van der Waals surface area contributed by atoms with Crippen LogP contribution in [0.5, 0.6) is 5.88 Å². The summed E-state index contributed by atoms with van der Waals surface area (Å²) >= 11 is 5.86. The number of carboxylic acid groups (broad SMARTS) is 1. The highest BCUT2D eigenvalue weighted by Gasteiger charge is 2.19. The lowest BCUT2D eigenvalue weighted by Gasteiger charge is -2.11. The van der Waals surface area contributed by atoms with Crippen molar-refractivity contribution in [2.75, 3.05) is 13.2 Å². The van der Waals surface area contributed by atoms with E-state index in [0.29, 0.717) is 13.2 Å². The molecule has 1 aliphatic rings. The molecule has 16 heavy (non-hydrogen) atoms. The number of hydrogen-bond acceptors (Lipinski definition) is 4. The fraction of sp³-hybridized carbons (Fsp3) is 0.400. The smallest absolute Gasteiger partial charge is 0.337 e. The van der Waals surface area contributed by atoms with Crippen LogP contribution in [0.1, 0.15) is 16.8 Å². The van der Waals surface area contributed by atoms with Crippen molar-refractivity contribution in [1.82, 2.24) is 4.98 Å².